The summed E-state index contributed by atoms with van der Waals surface area (Å²) in [5.41, 5.74) is -1.04. The van der Waals surface area contributed by atoms with Crippen LogP contribution in [0.4, 0.5) is 18.9 Å². The number of benzene rings is 1. The van der Waals surface area contributed by atoms with Crippen LogP contribution in [0.1, 0.15) is 40.9 Å². The predicted octanol–water partition coefficient (Wildman–Crippen LogP) is 3.50. The van der Waals surface area contributed by atoms with E-state index in [0.29, 0.717) is 19.1 Å². The first-order chi connectivity index (χ1) is 16.7. The zero-order chi connectivity index (χ0) is 25.8. The molecule has 1 heterocycles. The maximum atomic E-state index is 13.3. The van der Waals surface area contributed by atoms with Crippen molar-refractivity contribution in [2.45, 2.75) is 38.1 Å². The molecule has 0 saturated carbocycles. The van der Waals surface area contributed by atoms with Crippen LogP contribution in [0, 0.1) is 10.1 Å². The number of carbonyl (C=O) groups is 2. The van der Waals surface area contributed by atoms with Gasteiger partial charge in [0.15, 0.2) is 0 Å². The summed E-state index contributed by atoms with van der Waals surface area (Å²) in [5, 5.41) is 11.1. The number of alkyl halides is 3. The Bertz CT molecular complexity index is 1050. The summed E-state index contributed by atoms with van der Waals surface area (Å²) >= 11 is 0. The van der Waals surface area contributed by atoms with Gasteiger partial charge in [0.1, 0.15) is 18.0 Å². The summed E-state index contributed by atoms with van der Waals surface area (Å²) in [6.07, 6.45) is -0.515. The van der Waals surface area contributed by atoms with Crippen molar-refractivity contribution in [3.05, 3.63) is 75.5 Å². The number of ether oxygens (including phenoxy) is 2. The second-order valence-electron chi connectivity index (χ2n) is 7.09. The minimum Gasteiger partial charge on any atom is -0.477 e. The highest BCUT2D eigenvalue weighted by Crippen LogP contribution is 2.38. The maximum absolute atomic E-state index is 13.3. The van der Waals surface area contributed by atoms with Crippen LogP contribution < -0.4 is 16.0 Å². The smallest absolute Gasteiger partial charge is 0.421 e. The molecule has 0 aliphatic rings. The first kappa shape index (κ1) is 27.4. The van der Waals surface area contributed by atoms with E-state index in [1.807, 2.05) is 30.3 Å². The average Bonchev–Trinajstić information content (AvgIpc) is 2.84. The number of nitrogens with zero attached hydrogens (tertiary/aromatic N) is 2. The van der Waals surface area contributed by atoms with Crippen molar-refractivity contribution in [1.82, 2.24) is 10.4 Å². The Balaban J connectivity index is 1.92. The molecule has 10 nitrogen and oxygen atoms in total. The Morgan fingerprint density at radius 1 is 1.23 bits per heavy atom. The van der Waals surface area contributed by atoms with Gasteiger partial charge in [-0.3, -0.25) is 20.3 Å². The molecule has 0 aliphatic carbocycles. The topological polar surface area (TPSA) is 147 Å². The number of halogens is 3. The van der Waals surface area contributed by atoms with E-state index in [1.54, 1.807) is 17.6 Å². The second kappa shape index (κ2) is 13.2. The van der Waals surface area contributed by atoms with Crippen molar-refractivity contribution in [1.29, 1.82) is 0 Å². The van der Waals surface area contributed by atoms with E-state index in [-0.39, 0.29) is 25.7 Å². The van der Waals surface area contributed by atoms with Gasteiger partial charge >= 0.3 is 11.9 Å². The van der Waals surface area contributed by atoms with Crippen molar-refractivity contribution in [2.75, 3.05) is 6.61 Å². The highest BCUT2D eigenvalue weighted by molar-refractivity contribution is 5.96. The van der Waals surface area contributed by atoms with Crippen molar-refractivity contribution in [3.63, 3.8) is 0 Å². The Kier molecular flexibility index (Phi) is 10.3. The number of pyridine rings is 1. The molecule has 0 spiro atoms. The second-order valence-corrected chi connectivity index (χ2v) is 7.09. The van der Waals surface area contributed by atoms with Crippen molar-refractivity contribution in [3.8, 4) is 5.88 Å². The van der Waals surface area contributed by atoms with Gasteiger partial charge in [-0.05, 0) is 24.8 Å². The number of hydrogen-bond acceptors (Lipinski definition) is 8. The fraction of sp³-hybridized carbons (Fsp3) is 0.318. The molecule has 2 aromatic rings. The number of nitrogens with two attached hydrogens (primary N) is 1. The van der Waals surface area contributed by atoms with Gasteiger partial charge in [-0.1, -0.05) is 42.5 Å². The predicted molar refractivity (Wildman–Crippen MR) is 117 cm³/mol. The largest absolute Gasteiger partial charge is 0.477 e. The van der Waals surface area contributed by atoms with Gasteiger partial charge in [-0.25, -0.2) is 10.8 Å². The van der Waals surface area contributed by atoms with Crippen LogP contribution in [0.5, 0.6) is 5.88 Å². The highest BCUT2D eigenvalue weighted by atomic mass is 19.4. The Hall–Kier alpha value is -3.84. The summed E-state index contributed by atoms with van der Waals surface area (Å²) < 4.78 is 50.6. The molecule has 0 radical (unpaired) electrons. The third kappa shape index (κ3) is 8.46. The fourth-order valence-corrected chi connectivity index (χ4v) is 2.86. The van der Waals surface area contributed by atoms with Crippen molar-refractivity contribution in [2.24, 2.45) is 5.84 Å². The van der Waals surface area contributed by atoms with E-state index < -0.39 is 45.9 Å². The zero-order valence-electron chi connectivity index (χ0n) is 18.4. The molecule has 1 amide bonds. The average molecular weight is 496 g/mol. The summed E-state index contributed by atoms with van der Waals surface area (Å²) in [4.78, 5) is 36.2. The lowest BCUT2D eigenvalue weighted by atomic mass is 10.2. The number of carbonyl (C=O) groups excluding carboxylic acids is 2. The minimum atomic E-state index is -5.01. The Morgan fingerprint density at radius 3 is 2.51 bits per heavy atom. The maximum Gasteiger partial charge on any atom is 0.421 e. The number of aldehydes is 1. The normalized spacial score (nSPS) is 12.3. The number of amides is 1. The van der Waals surface area contributed by atoms with Gasteiger partial charge in [0.2, 0.25) is 11.6 Å². The molecule has 0 saturated heterocycles. The molecule has 188 valence electrons. The van der Waals surface area contributed by atoms with Gasteiger partial charge in [0, 0.05) is 6.07 Å². The van der Waals surface area contributed by atoms with Gasteiger partial charge in [0.05, 0.1) is 18.1 Å². The summed E-state index contributed by atoms with van der Waals surface area (Å²) in [6.45, 7) is 0.0332. The number of aromatic nitrogens is 1. The molecular weight excluding hydrogens is 473 g/mol. The Morgan fingerprint density at radius 2 is 1.91 bits per heavy atom. The van der Waals surface area contributed by atoms with Crippen LogP contribution in [0.2, 0.25) is 0 Å². The number of nitro groups is 1. The van der Waals surface area contributed by atoms with Gasteiger partial charge in [0.25, 0.3) is 5.91 Å². The monoisotopic (exact) mass is 496 g/mol. The first-order valence-electron chi connectivity index (χ1n) is 10.3. The molecule has 35 heavy (non-hydrogen) atoms. The van der Waals surface area contributed by atoms with E-state index in [0.717, 1.165) is 5.56 Å². The molecule has 1 atom stereocenters. The number of nitrogens with one attached hydrogen (secondary N) is 1. The molecular formula is C22H23F3N4O6. The highest BCUT2D eigenvalue weighted by Gasteiger charge is 2.39. The van der Waals surface area contributed by atoms with Crippen LogP contribution in [-0.2, 0) is 22.3 Å². The lowest BCUT2D eigenvalue weighted by Gasteiger charge is -2.14. The number of hydrogen-bond donors (Lipinski definition) is 2. The summed E-state index contributed by atoms with van der Waals surface area (Å²) in [7, 11) is 0. The molecule has 0 fully saturated rings. The first-order valence-corrected chi connectivity index (χ1v) is 10.3. The Labute approximate surface area is 198 Å². The SMILES string of the molecule is NNC(=O)c1nc(OCC/C=C\CCC(C=O)OCc2ccccc2)c(C(F)(F)F)cc1[N+](=O)[O-]. The lowest BCUT2D eigenvalue weighted by Crippen LogP contribution is -2.31. The third-order valence-corrected chi connectivity index (χ3v) is 4.58. The van der Waals surface area contributed by atoms with E-state index in [4.69, 9.17) is 15.3 Å². The van der Waals surface area contributed by atoms with Gasteiger partial charge in [-0.2, -0.15) is 13.2 Å². The molecule has 3 N–H and O–H groups in total. The van der Waals surface area contributed by atoms with Gasteiger partial charge < -0.3 is 14.3 Å². The van der Waals surface area contributed by atoms with Crippen molar-refractivity contribution >= 4 is 17.9 Å². The molecule has 0 aliphatic heterocycles. The third-order valence-electron chi connectivity index (χ3n) is 4.58. The number of hydrazine groups is 1. The van der Waals surface area contributed by atoms with Crippen LogP contribution in [0.3, 0.4) is 0 Å². The number of allylic oxidation sites excluding steroid dienone is 1. The molecule has 1 aromatic heterocycles. The minimum absolute atomic E-state index is 0.172. The van der Waals surface area contributed by atoms with Crippen LogP contribution >= 0.6 is 0 Å². The quantitative estimate of drug-likeness (QED) is 0.0815. The number of nitrogen functional groups attached to an aromatic ring is 1. The van der Waals surface area contributed by atoms with Crippen LogP contribution in [-0.4, -0.2) is 34.8 Å². The van der Waals surface area contributed by atoms with E-state index in [9.17, 15) is 32.9 Å². The van der Waals surface area contributed by atoms with E-state index >= 15 is 0 Å². The lowest BCUT2D eigenvalue weighted by molar-refractivity contribution is -0.385. The van der Waals surface area contributed by atoms with E-state index in [2.05, 4.69) is 4.98 Å². The van der Waals surface area contributed by atoms with Crippen LogP contribution in [0.25, 0.3) is 0 Å². The van der Waals surface area contributed by atoms with Crippen molar-refractivity contribution < 1.29 is 37.2 Å². The molecule has 0 bridgehead atoms. The number of rotatable bonds is 13. The standard InChI is InChI=1S/C22H23F3N4O6/c23-22(24,25)17-12-18(29(32)33)19(20(31)28-26)27-21(17)34-11-7-2-1-6-10-16(13-30)35-14-15-8-4-3-5-9-15/h1-5,8-9,12-13,16H,6-7,10-11,14,26H2,(H,28,31)/b2-1-. The van der Waals surface area contributed by atoms with E-state index in [1.165, 1.54) is 0 Å². The van der Waals surface area contributed by atoms with Crippen LogP contribution in [0.15, 0.2) is 48.6 Å². The summed E-state index contributed by atoms with van der Waals surface area (Å²) in [5.74, 6) is 2.71. The molecule has 2 rings (SSSR count). The molecule has 13 heteroatoms. The zero-order valence-corrected chi connectivity index (χ0v) is 18.4. The summed E-state index contributed by atoms with van der Waals surface area (Å²) in [6, 6.07) is 9.51. The van der Waals surface area contributed by atoms with Gasteiger partial charge in [-0.15, -0.1) is 0 Å². The molecule has 1 unspecified atom stereocenters. The molecule has 1 aromatic carbocycles. The fourth-order valence-electron chi connectivity index (χ4n) is 2.86.